The average Bonchev–Trinajstić information content (AvgIpc) is 2.63. The molecule has 27 heavy (non-hydrogen) atoms. The minimum Gasteiger partial charge on any atom is -0.507 e. The first-order chi connectivity index (χ1) is 12.9. The highest BCUT2D eigenvalue weighted by molar-refractivity contribution is 6.12. The Morgan fingerprint density at radius 1 is 1.30 bits per heavy atom. The number of anilines is 1. The molecule has 3 rings (SSSR count). The Bertz CT molecular complexity index is 934. The van der Waals surface area contributed by atoms with Crippen molar-refractivity contribution < 1.29 is 29.3 Å². The Kier molecular flexibility index (Phi) is 5.14. The summed E-state index contributed by atoms with van der Waals surface area (Å²) in [7, 11) is 0. The molecule has 2 aromatic rings. The van der Waals surface area contributed by atoms with E-state index >= 15 is 0 Å². The van der Waals surface area contributed by atoms with Gasteiger partial charge in [0, 0.05) is 18.5 Å². The maximum absolute atomic E-state index is 12.9. The van der Waals surface area contributed by atoms with Gasteiger partial charge < -0.3 is 25.0 Å². The molecular formula is C20H19NO6. The Labute approximate surface area is 155 Å². The summed E-state index contributed by atoms with van der Waals surface area (Å²) in [6.07, 6.45) is 0.563. The van der Waals surface area contributed by atoms with Crippen LogP contribution in [0.5, 0.6) is 11.5 Å². The second-order valence-corrected chi connectivity index (χ2v) is 6.01. The monoisotopic (exact) mass is 369 g/mol. The standard InChI is InChI=1S/C20H19NO6/c1-3-26-20-15(18(23)14-8-11(2)4-7-17(14)27-20)10-21-12-5-6-16(22)13(9-12)19(24)25/h4-10,20-22H,3H2,1-2H3,(H,24,25)/b15-10-. The fourth-order valence-electron chi connectivity index (χ4n) is 2.73. The number of fused-ring (bicyclic) bond motifs is 1. The van der Waals surface area contributed by atoms with Crippen LogP contribution in [0.15, 0.2) is 48.2 Å². The van der Waals surface area contributed by atoms with Crippen molar-refractivity contribution in [2.24, 2.45) is 0 Å². The largest absolute Gasteiger partial charge is 0.507 e. The number of carboxylic acids is 1. The fourth-order valence-corrected chi connectivity index (χ4v) is 2.73. The normalized spacial score (nSPS) is 17.3. The molecule has 1 aliphatic heterocycles. The molecule has 0 radical (unpaired) electrons. The number of ether oxygens (including phenoxy) is 2. The third-order valence-electron chi connectivity index (χ3n) is 4.07. The van der Waals surface area contributed by atoms with Gasteiger partial charge in [0.05, 0.1) is 11.1 Å². The SMILES string of the molecule is CCOC1Oc2ccc(C)cc2C(=O)/C1=C/Nc1ccc(O)c(C(=O)O)c1. The van der Waals surface area contributed by atoms with Gasteiger partial charge in [-0.1, -0.05) is 11.6 Å². The van der Waals surface area contributed by atoms with E-state index in [1.54, 1.807) is 19.1 Å². The van der Waals surface area contributed by atoms with Gasteiger partial charge in [-0.25, -0.2) is 4.79 Å². The lowest BCUT2D eigenvalue weighted by molar-refractivity contribution is -0.0509. The Morgan fingerprint density at radius 3 is 2.78 bits per heavy atom. The minimum absolute atomic E-state index is 0.233. The molecule has 1 atom stereocenters. The molecule has 3 N–H and O–H groups in total. The molecule has 7 heteroatoms. The van der Waals surface area contributed by atoms with Crippen LogP contribution in [0, 0.1) is 6.92 Å². The van der Waals surface area contributed by atoms with E-state index < -0.39 is 12.3 Å². The molecule has 140 valence electrons. The molecule has 1 heterocycles. The molecule has 0 aromatic heterocycles. The van der Waals surface area contributed by atoms with Crippen molar-refractivity contribution in [1.29, 1.82) is 0 Å². The van der Waals surface area contributed by atoms with E-state index in [1.807, 2.05) is 13.0 Å². The average molecular weight is 369 g/mol. The second-order valence-electron chi connectivity index (χ2n) is 6.01. The van der Waals surface area contributed by atoms with Gasteiger partial charge in [0.1, 0.15) is 17.1 Å². The maximum Gasteiger partial charge on any atom is 0.339 e. The van der Waals surface area contributed by atoms with Gasteiger partial charge in [-0.05, 0) is 44.2 Å². The van der Waals surface area contributed by atoms with Crippen LogP contribution >= 0.6 is 0 Å². The zero-order chi connectivity index (χ0) is 19.6. The van der Waals surface area contributed by atoms with Crippen molar-refractivity contribution in [3.8, 4) is 11.5 Å². The molecule has 0 fully saturated rings. The molecular weight excluding hydrogens is 350 g/mol. The van der Waals surface area contributed by atoms with Gasteiger partial charge in [-0.15, -0.1) is 0 Å². The predicted molar refractivity (Wildman–Crippen MR) is 98.3 cm³/mol. The first-order valence-electron chi connectivity index (χ1n) is 8.37. The van der Waals surface area contributed by atoms with E-state index in [4.69, 9.17) is 14.6 Å². The number of rotatable bonds is 5. The number of benzene rings is 2. The van der Waals surface area contributed by atoms with Gasteiger partial charge in [0.15, 0.2) is 5.78 Å². The number of carboxylic acid groups (broad SMARTS) is 1. The van der Waals surface area contributed by atoms with Crippen LogP contribution in [-0.2, 0) is 4.74 Å². The van der Waals surface area contributed by atoms with Crippen LogP contribution in [0.2, 0.25) is 0 Å². The quantitative estimate of drug-likeness (QED) is 0.548. The molecule has 0 saturated heterocycles. The van der Waals surface area contributed by atoms with E-state index in [1.165, 1.54) is 24.4 Å². The molecule has 0 amide bonds. The Hall–Kier alpha value is -3.32. The number of carbonyl (C=O) groups excluding carboxylic acids is 1. The summed E-state index contributed by atoms with van der Waals surface area (Å²) in [4.78, 5) is 24.0. The maximum atomic E-state index is 12.9. The fraction of sp³-hybridized carbons (Fsp3) is 0.200. The number of hydrogen-bond donors (Lipinski definition) is 3. The number of phenols is 1. The highest BCUT2D eigenvalue weighted by Gasteiger charge is 2.32. The molecule has 1 aliphatic rings. The van der Waals surface area contributed by atoms with Crippen molar-refractivity contribution in [1.82, 2.24) is 0 Å². The van der Waals surface area contributed by atoms with E-state index in [9.17, 15) is 14.7 Å². The molecule has 1 unspecified atom stereocenters. The highest BCUT2D eigenvalue weighted by atomic mass is 16.7. The van der Waals surface area contributed by atoms with Gasteiger partial charge >= 0.3 is 5.97 Å². The smallest absolute Gasteiger partial charge is 0.339 e. The number of aryl methyl sites for hydroxylation is 1. The summed E-state index contributed by atoms with van der Waals surface area (Å²) in [6.45, 7) is 4.02. The van der Waals surface area contributed by atoms with Crippen molar-refractivity contribution in [2.45, 2.75) is 20.1 Å². The van der Waals surface area contributed by atoms with Gasteiger partial charge in [0.25, 0.3) is 0 Å². The zero-order valence-corrected chi connectivity index (χ0v) is 14.9. The molecule has 0 aliphatic carbocycles. The summed E-state index contributed by atoms with van der Waals surface area (Å²) in [5.41, 5.74) is 1.79. The van der Waals surface area contributed by atoms with Crippen molar-refractivity contribution in [3.05, 3.63) is 64.9 Å². The molecule has 0 spiro atoms. The summed E-state index contributed by atoms with van der Waals surface area (Å²) in [5, 5.41) is 21.6. The lowest BCUT2D eigenvalue weighted by Crippen LogP contribution is -2.33. The molecule has 0 saturated carbocycles. The van der Waals surface area contributed by atoms with E-state index in [0.29, 0.717) is 23.6 Å². The predicted octanol–water partition coefficient (Wildman–Crippen LogP) is 3.33. The topological polar surface area (TPSA) is 105 Å². The first kappa shape index (κ1) is 18.5. The van der Waals surface area contributed by atoms with Crippen LogP contribution in [-0.4, -0.2) is 34.9 Å². The third-order valence-corrected chi connectivity index (χ3v) is 4.07. The van der Waals surface area contributed by atoms with E-state index in [0.717, 1.165) is 5.56 Å². The van der Waals surface area contributed by atoms with E-state index in [-0.39, 0.29) is 22.7 Å². The van der Waals surface area contributed by atoms with Crippen LogP contribution in [0.3, 0.4) is 0 Å². The van der Waals surface area contributed by atoms with Crippen LogP contribution in [0.25, 0.3) is 0 Å². The summed E-state index contributed by atoms with van der Waals surface area (Å²) in [6, 6.07) is 9.38. The van der Waals surface area contributed by atoms with Crippen molar-refractivity contribution in [2.75, 3.05) is 11.9 Å². The first-order valence-corrected chi connectivity index (χ1v) is 8.37. The Balaban J connectivity index is 1.94. The summed E-state index contributed by atoms with van der Waals surface area (Å²) >= 11 is 0. The number of ketones is 1. The molecule has 2 aromatic carbocycles. The van der Waals surface area contributed by atoms with Gasteiger partial charge in [-0.2, -0.15) is 0 Å². The number of nitrogens with one attached hydrogen (secondary N) is 1. The zero-order valence-electron chi connectivity index (χ0n) is 14.9. The van der Waals surface area contributed by atoms with Crippen molar-refractivity contribution >= 4 is 17.4 Å². The van der Waals surface area contributed by atoms with E-state index in [2.05, 4.69) is 5.32 Å². The molecule has 7 nitrogen and oxygen atoms in total. The number of aromatic hydroxyl groups is 1. The summed E-state index contributed by atoms with van der Waals surface area (Å²) in [5.74, 6) is -1.37. The Morgan fingerprint density at radius 2 is 2.07 bits per heavy atom. The van der Waals surface area contributed by atoms with Crippen LogP contribution < -0.4 is 10.1 Å². The van der Waals surface area contributed by atoms with Crippen LogP contribution in [0.1, 0.15) is 33.2 Å². The lowest BCUT2D eigenvalue weighted by Gasteiger charge is -2.27. The van der Waals surface area contributed by atoms with Gasteiger partial charge in [0.2, 0.25) is 6.29 Å². The van der Waals surface area contributed by atoms with Gasteiger partial charge in [-0.3, -0.25) is 4.79 Å². The second kappa shape index (κ2) is 7.51. The number of carbonyl (C=O) groups is 2. The summed E-state index contributed by atoms with van der Waals surface area (Å²) < 4.78 is 11.3. The molecule has 0 bridgehead atoms. The minimum atomic E-state index is -1.25. The highest BCUT2D eigenvalue weighted by Crippen LogP contribution is 2.32. The van der Waals surface area contributed by atoms with Crippen LogP contribution in [0.4, 0.5) is 5.69 Å². The number of aromatic carboxylic acids is 1. The number of Topliss-reactive ketones (excluding diaryl/α,β-unsaturated/α-hetero) is 1. The number of hydrogen-bond acceptors (Lipinski definition) is 6. The lowest BCUT2D eigenvalue weighted by atomic mass is 9.98. The third kappa shape index (κ3) is 3.78. The van der Waals surface area contributed by atoms with Crippen molar-refractivity contribution in [3.63, 3.8) is 0 Å².